The first-order chi connectivity index (χ1) is 15.0. The van der Waals surface area contributed by atoms with Crippen LogP contribution in [0.2, 0.25) is 5.02 Å². The highest BCUT2D eigenvalue weighted by atomic mass is 79.9. The summed E-state index contributed by atoms with van der Waals surface area (Å²) in [6, 6.07) is 19.9. The zero-order valence-electron chi connectivity index (χ0n) is 17.0. The SMILES string of the molecule is C=C(Nc1ccc(Br)cc1)c1cc(-c2cc(CN)ccc2Cl)ccc1OC1CCOC1. The first-order valence-corrected chi connectivity index (χ1v) is 11.3. The lowest BCUT2D eigenvalue weighted by Gasteiger charge is -2.19. The number of rotatable bonds is 7. The van der Waals surface area contributed by atoms with Gasteiger partial charge in [0.15, 0.2) is 0 Å². The molecule has 0 saturated carbocycles. The molecular weight excluding hydrogens is 476 g/mol. The molecule has 4 rings (SSSR count). The molecule has 3 aromatic carbocycles. The van der Waals surface area contributed by atoms with Crippen LogP contribution in [0.25, 0.3) is 16.8 Å². The summed E-state index contributed by atoms with van der Waals surface area (Å²) in [5, 5.41) is 4.06. The maximum Gasteiger partial charge on any atom is 0.129 e. The molecule has 1 saturated heterocycles. The fourth-order valence-corrected chi connectivity index (χ4v) is 4.01. The number of ether oxygens (including phenoxy) is 2. The molecule has 0 radical (unpaired) electrons. The maximum atomic E-state index is 6.51. The molecule has 1 aliphatic rings. The van der Waals surface area contributed by atoms with Crippen LogP contribution < -0.4 is 15.8 Å². The largest absolute Gasteiger partial charge is 0.487 e. The lowest BCUT2D eigenvalue weighted by atomic mass is 9.99. The highest BCUT2D eigenvalue weighted by molar-refractivity contribution is 9.10. The van der Waals surface area contributed by atoms with E-state index in [1.54, 1.807) is 0 Å². The van der Waals surface area contributed by atoms with Crippen LogP contribution in [0, 0.1) is 0 Å². The first kappa shape index (κ1) is 21.9. The number of benzene rings is 3. The van der Waals surface area contributed by atoms with E-state index in [-0.39, 0.29) is 6.10 Å². The third-order valence-corrected chi connectivity index (χ3v) is 6.06. The van der Waals surface area contributed by atoms with Crippen LogP contribution in [0.3, 0.4) is 0 Å². The zero-order chi connectivity index (χ0) is 21.8. The lowest BCUT2D eigenvalue weighted by Crippen LogP contribution is -2.17. The fraction of sp³-hybridized carbons (Fsp3) is 0.200. The molecule has 1 aliphatic heterocycles. The Labute approximate surface area is 196 Å². The van der Waals surface area contributed by atoms with Crippen molar-refractivity contribution in [1.82, 2.24) is 0 Å². The molecule has 4 nitrogen and oxygen atoms in total. The topological polar surface area (TPSA) is 56.5 Å². The van der Waals surface area contributed by atoms with Crippen molar-refractivity contribution in [3.05, 3.63) is 87.9 Å². The van der Waals surface area contributed by atoms with Gasteiger partial charge in [-0.2, -0.15) is 0 Å². The molecule has 0 aliphatic carbocycles. The van der Waals surface area contributed by atoms with E-state index in [1.807, 2.05) is 54.6 Å². The Balaban J connectivity index is 1.70. The minimum absolute atomic E-state index is 0.0363. The van der Waals surface area contributed by atoms with Crippen LogP contribution in [-0.2, 0) is 11.3 Å². The highest BCUT2D eigenvalue weighted by Crippen LogP contribution is 2.36. The second kappa shape index (κ2) is 9.88. The number of halogens is 2. The molecule has 1 fully saturated rings. The van der Waals surface area contributed by atoms with Crippen LogP contribution in [0.5, 0.6) is 5.75 Å². The summed E-state index contributed by atoms with van der Waals surface area (Å²) in [5.74, 6) is 0.764. The molecule has 6 heteroatoms. The van der Waals surface area contributed by atoms with Gasteiger partial charge in [-0.05, 0) is 59.7 Å². The molecule has 160 valence electrons. The molecule has 0 bridgehead atoms. The van der Waals surface area contributed by atoms with Gasteiger partial charge in [0.1, 0.15) is 11.9 Å². The number of nitrogens with one attached hydrogen (secondary N) is 1. The van der Waals surface area contributed by atoms with E-state index in [1.165, 1.54) is 0 Å². The minimum Gasteiger partial charge on any atom is -0.487 e. The number of nitrogens with two attached hydrogens (primary N) is 1. The van der Waals surface area contributed by atoms with Gasteiger partial charge in [0.2, 0.25) is 0 Å². The van der Waals surface area contributed by atoms with Gasteiger partial charge in [0.25, 0.3) is 0 Å². The molecular formula is C25H24BrClN2O2. The van der Waals surface area contributed by atoms with Crippen molar-refractivity contribution in [3.8, 4) is 16.9 Å². The lowest BCUT2D eigenvalue weighted by molar-refractivity contribution is 0.141. The Morgan fingerprint density at radius 1 is 1.16 bits per heavy atom. The molecule has 0 spiro atoms. The number of hydrogen-bond acceptors (Lipinski definition) is 4. The van der Waals surface area contributed by atoms with Crippen LogP contribution in [-0.4, -0.2) is 19.3 Å². The van der Waals surface area contributed by atoms with Gasteiger partial charge < -0.3 is 20.5 Å². The Morgan fingerprint density at radius 2 is 1.97 bits per heavy atom. The van der Waals surface area contributed by atoms with Gasteiger partial charge in [-0.25, -0.2) is 0 Å². The van der Waals surface area contributed by atoms with E-state index >= 15 is 0 Å². The summed E-state index contributed by atoms with van der Waals surface area (Å²) in [4.78, 5) is 0. The third-order valence-electron chi connectivity index (χ3n) is 5.20. The summed E-state index contributed by atoms with van der Waals surface area (Å²) in [5.41, 5.74) is 11.3. The van der Waals surface area contributed by atoms with Gasteiger partial charge in [-0.3, -0.25) is 0 Å². The van der Waals surface area contributed by atoms with Gasteiger partial charge >= 0.3 is 0 Å². The van der Waals surface area contributed by atoms with E-state index in [0.717, 1.165) is 56.9 Å². The molecule has 31 heavy (non-hydrogen) atoms. The van der Waals surface area contributed by atoms with Crippen molar-refractivity contribution in [2.75, 3.05) is 18.5 Å². The van der Waals surface area contributed by atoms with Crippen LogP contribution in [0.15, 0.2) is 71.7 Å². The second-order valence-corrected chi connectivity index (χ2v) is 8.77. The van der Waals surface area contributed by atoms with Crippen molar-refractivity contribution in [3.63, 3.8) is 0 Å². The summed E-state index contributed by atoms with van der Waals surface area (Å²) >= 11 is 9.98. The quantitative estimate of drug-likeness (QED) is 0.391. The van der Waals surface area contributed by atoms with Crippen molar-refractivity contribution >= 4 is 38.9 Å². The van der Waals surface area contributed by atoms with Gasteiger partial charge in [0.05, 0.1) is 13.2 Å². The van der Waals surface area contributed by atoms with Crippen LogP contribution in [0.4, 0.5) is 5.69 Å². The van der Waals surface area contributed by atoms with Crippen molar-refractivity contribution in [2.24, 2.45) is 5.73 Å². The zero-order valence-corrected chi connectivity index (χ0v) is 19.4. The molecule has 3 aromatic rings. The Kier molecular flexibility index (Phi) is 6.98. The number of anilines is 1. The molecule has 1 unspecified atom stereocenters. The minimum atomic E-state index is 0.0363. The van der Waals surface area contributed by atoms with E-state index in [0.29, 0.717) is 18.2 Å². The van der Waals surface area contributed by atoms with E-state index in [9.17, 15) is 0 Å². The molecule has 3 N–H and O–H groups in total. The Morgan fingerprint density at radius 3 is 2.68 bits per heavy atom. The number of hydrogen-bond donors (Lipinski definition) is 2. The molecule has 0 aromatic heterocycles. The summed E-state index contributed by atoms with van der Waals surface area (Å²) in [6.07, 6.45) is 0.910. The van der Waals surface area contributed by atoms with Crippen LogP contribution >= 0.6 is 27.5 Å². The summed E-state index contributed by atoms with van der Waals surface area (Å²) in [6.45, 7) is 6.05. The van der Waals surface area contributed by atoms with Gasteiger partial charge in [-0.1, -0.05) is 46.2 Å². The standard InChI is InChI=1S/C25H24BrClN2O2/c1-16(29-20-6-4-19(26)5-7-20)22-13-18(23-12-17(14-28)2-8-24(23)27)3-9-25(22)31-21-10-11-30-15-21/h2-9,12-13,21,29H,1,10-11,14-15,28H2. The first-order valence-electron chi connectivity index (χ1n) is 10.1. The normalized spacial score (nSPS) is 15.6. The molecule has 1 atom stereocenters. The third kappa shape index (κ3) is 5.31. The van der Waals surface area contributed by atoms with Crippen LogP contribution in [0.1, 0.15) is 17.5 Å². The fourth-order valence-electron chi connectivity index (χ4n) is 3.52. The van der Waals surface area contributed by atoms with Crippen molar-refractivity contribution in [1.29, 1.82) is 0 Å². The van der Waals surface area contributed by atoms with E-state index in [2.05, 4.69) is 33.9 Å². The predicted molar refractivity (Wildman–Crippen MR) is 131 cm³/mol. The average Bonchev–Trinajstić information content (AvgIpc) is 3.29. The molecule has 1 heterocycles. The highest BCUT2D eigenvalue weighted by Gasteiger charge is 2.20. The summed E-state index contributed by atoms with van der Waals surface area (Å²) < 4.78 is 12.8. The smallest absolute Gasteiger partial charge is 0.129 e. The summed E-state index contributed by atoms with van der Waals surface area (Å²) in [7, 11) is 0. The average molecular weight is 500 g/mol. The Hall–Kier alpha value is -2.31. The van der Waals surface area contributed by atoms with Crippen molar-refractivity contribution < 1.29 is 9.47 Å². The van der Waals surface area contributed by atoms with Crippen molar-refractivity contribution in [2.45, 2.75) is 19.1 Å². The van der Waals surface area contributed by atoms with Gasteiger partial charge in [-0.15, -0.1) is 0 Å². The van der Waals surface area contributed by atoms with E-state index < -0.39 is 0 Å². The second-order valence-electron chi connectivity index (χ2n) is 7.44. The predicted octanol–water partition coefficient (Wildman–Crippen LogP) is 6.48. The Bertz CT molecular complexity index is 1080. The maximum absolute atomic E-state index is 6.51. The van der Waals surface area contributed by atoms with Gasteiger partial charge in [0, 0.05) is 45.0 Å². The monoisotopic (exact) mass is 498 g/mol. The molecule has 0 amide bonds. The van der Waals surface area contributed by atoms with E-state index in [4.69, 9.17) is 26.8 Å².